The molecule has 6 heteroatoms. The Morgan fingerprint density at radius 3 is 2.94 bits per heavy atom. The fraction of sp³-hybridized carbons (Fsp3) is 0.200. The first-order chi connectivity index (χ1) is 7.70. The minimum atomic E-state index is 0.240. The van der Waals surface area contributed by atoms with E-state index in [2.05, 4.69) is 31.4 Å². The quantitative estimate of drug-likeness (QED) is 0.904. The second kappa shape index (κ2) is 4.63. The molecule has 2 aromatic rings. The van der Waals surface area contributed by atoms with Crippen molar-refractivity contribution >= 4 is 27.6 Å². The number of nitrogens with two attached hydrogens (primary N) is 1. The zero-order chi connectivity index (χ0) is 11.5. The highest BCUT2D eigenvalue weighted by Gasteiger charge is 2.07. The Bertz CT molecular complexity index is 497. The zero-order valence-electron chi connectivity index (χ0n) is 8.70. The Kier molecular flexibility index (Phi) is 3.21. The van der Waals surface area contributed by atoms with Gasteiger partial charge in [0.15, 0.2) is 0 Å². The van der Waals surface area contributed by atoms with Gasteiger partial charge in [0.05, 0.1) is 12.2 Å². The minimum Gasteiger partial charge on any atom is -0.406 e. The van der Waals surface area contributed by atoms with E-state index in [1.54, 1.807) is 0 Å². The van der Waals surface area contributed by atoms with E-state index in [-0.39, 0.29) is 6.54 Å². The van der Waals surface area contributed by atoms with Gasteiger partial charge in [-0.3, -0.25) is 0 Å². The van der Waals surface area contributed by atoms with Crippen LogP contribution in [0.4, 0.5) is 11.7 Å². The second-order valence-electron chi connectivity index (χ2n) is 3.27. The molecule has 1 aromatic heterocycles. The van der Waals surface area contributed by atoms with Crippen molar-refractivity contribution in [1.29, 1.82) is 0 Å². The average Bonchev–Trinajstić information content (AvgIpc) is 2.73. The van der Waals surface area contributed by atoms with Crippen LogP contribution in [0.15, 0.2) is 27.1 Å². The lowest BCUT2D eigenvalue weighted by atomic mass is 10.2. The molecule has 3 N–H and O–H groups in total. The van der Waals surface area contributed by atoms with Crippen LogP contribution in [0.25, 0.3) is 0 Å². The summed E-state index contributed by atoms with van der Waals surface area (Å²) in [6.45, 7) is 2.25. The highest BCUT2D eigenvalue weighted by Crippen LogP contribution is 2.27. The number of hydrogen-bond acceptors (Lipinski definition) is 5. The number of anilines is 2. The van der Waals surface area contributed by atoms with E-state index in [1.807, 2.05) is 25.1 Å². The van der Waals surface area contributed by atoms with E-state index in [0.29, 0.717) is 11.9 Å². The Balaban J connectivity index is 2.23. The summed E-state index contributed by atoms with van der Waals surface area (Å²) in [7, 11) is 0. The summed E-state index contributed by atoms with van der Waals surface area (Å²) in [4.78, 5) is 0. The van der Waals surface area contributed by atoms with Gasteiger partial charge in [0.25, 0.3) is 0 Å². The van der Waals surface area contributed by atoms with Gasteiger partial charge in [-0.05, 0) is 34.5 Å². The Labute approximate surface area is 101 Å². The SMILES string of the molecule is Cc1cccc(Nc2nnc(CN)o2)c1Br. The maximum Gasteiger partial charge on any atom is 0.320 e. The number of hydrogen-bond donors (Lipinski definition) is 2. The lowest BCUT2D eigenvalue weighted by molar-refractivity contribution is 0.511. The van der Waals surface area contributed by atoms with Crippen molar-refractivity contribution in [3.05, 3.63) is 34.1 Å². The molecule has 0 spiro atoms. The van der Waals surface area contributed by atoms with Crippen molar-refractivity contribution < 1.29 is 4.42 Å². The maximum absolute atomic E-state index is 5.38. The average molecular weight is 283 g/mol. The molecule has 0 saturated heterocycles. The zero-order valence-corrected chi connectivity index (χ0v) is 10.3. The smallest absolute Gasteiger partial charge is 0.320 e. The molecule has 2 rings (SSSR count). The van der Waals surface area contributed by atoms with Gasteiger partial charge in [0.1, 0.15) is 0 Å². The topological polar surface area (TPSA) is 77.0 Å². The maximum atomic E-state index is 5.38. The van der Waals surface area contributed by atoms with Crippen LogP contribution in [0.5, 0.6) is 0 Å². The predicted octanol–water partition coefficient (Wildman–Crippen LogP) is 2.34. The van der Waals surface area contributed by atoms with E-state index in [9.17, 15) is 0 Å². The van der Waals surface area contributed by atoms with Crippen molar-refractivity contribution in [2.24, 2.45) is 5.73 Å². The van der Waals surface area contributed by atoms with Gasteiger partial charge in [-0.2, -0.15) is 0 Å². The van der Waals surface area contributed by atoms with Gasteiger partial charge >= 0.3 is 6.01 Å². The number of nitrogens with one attached hydrogen (secondary N) is 1. The normalized spacial score (nSPS) is 10.4. The molecule has 16 heavy (non-hydrogen) atoms. The number of aromatic nitrogens is 2. The molecule has 84 valence electrons. The third-order valence-corrected chi connectivity index (χ3v) is 3.13. The summed E-state index contributed by atoms with van der Waals surface area (Å²) in [6.07, 6.45) is 0. The van der Waals surface area contributed by atoms with E-state index in [4.69, 9.17) is 10.2 Å². The highest BCUT2D eigenvalue weighted by atomic mass is 79.9. The Hall–Kier alpha value is -1.40. The molecular formula is C10H11BrN4O. The third-order valence-electron chi connectivity index (χ3n) is 2.07. The van der Waals surface area contributed by atoms with Crippen LogP contribution in [-0.4, -0.2) is 10.2 Å². The molecule has 0 aliphatic heterocycles. The van der Waals surface area contributed by atoms with Crippen LogP contribution in [0.1, 0.15) is 11.5 Å². The third kappa shape index (κ3) is 2.23. The molecule has 0 bridgehead atoms. The summed E-state index contributed by atoms with van der Waals surface area (Å²) < 4.78 is 6.23. The lowest BCUT2D eigenvalue weighted by Gasteiger charge is -2.05. The molecule has 0 radical (unpaired) electrons. The van der Waals surface area contributed by atoms with Gasteiger partial charge < -0.3 is 15.5 Å². The van der Waals surface area contributed by atoms with Crippen LogP contribution in [0.2, 0.25) is 0 Å². The molecule has 1 heterocycles. The van der Waals surface area contributed by atoms with Crippen LogP contribution in [-0.2, 0) is 6.54 Å². The van der Waals surface area contributed by atoms with E-state index >= 15 is 0 Å². The Morgan fingerprint density at radius 1 is 1.44 bits per heavy atom. The first-order valence-electron chi connectivity index (χ1n) is 4.75. The summed E-state index contributed by atoms with van der Waals surface area (Å²) in [6, 6.07) is 6.22. The molecule has 0 saturated carbocycles. The summed E-state index contributed by atoms with van der Waals surface area (Å²) >= 11 is 3.48. The molecular weight excluding hydrogens is 272 g/mol. The van der Waals surface area contributed by atoms with Gasteiger partial charge in [0.2, 0.25) is 5.89 Å². The van der Waals surface area contributed by atoms with Crippen molar-refractivity contribution in [2.45, 2.75) is 13.5 Å². The lowest BCUT2D eigenvalue weighted by Crippen LogP contribution is -1.95. The summed E-state index contributed by atoms with van der Waals surface area (Å²) in [5, 5.41) is 10.6. The number of aryl methyl sites for hydroxylation is 1. The van der Waals surface area contributed by atoms with E-state index in [1.165, 1.54) is 0 Å². The van der Waals surface area contributed by atoms with Gasteiger partial charge in [-0.15, -0.1) is 5.10 Å². The van der Waals surface area contributed by atoms with Crippen molar-refractivity contribution in [3.8, 4) is 0 Å². The van der Waals surface area contributed by atoms with Crippen molar-refractivity contribution in [2.75, 3.05) is 5.32 Å². The van der Waals surface area contributed by atoms with Gasteiger partial charge in [0, 0.05) is 4.47 Å². The molecule has 0 unspecified atom stereocenters. The molecule has 0 atom stereocenters. The molecule has 0 amide bonds. The van der Waals surface area contributed by atoms with Crippen LogP contribution in [0, 0.1) is 6.92 Å². The summed E-state index contributed by atoms with van der Waals surface area (Å²) in [5.41, 5.74) is 7.39. The fourth-order valence-corrected chi connectivity index (χ4v) is 1.61. The molecule has 0 fully saturated rings. The number of rotatable bonds is 3. The summed E-state index contributed by atoms with van der Waals surface area (Å²) in [5.74, 6) is 0.409. The Morgan fingerprint density at radius 2 is 2.25 bits per heavy atom. The van der Waals surface area contributed by atoms with Crippen LogP contribution >= 0.6 is 15.9 Å². The fourth-order valence-electron chi connectivity index (χ4n) is 1.25. The minimum absolute atomic E-state index is 0.240. The van der Waals surface area contributed by atoms with Crippen LogP contribution in [0.3, 0.4) is 0 Å². The van der Waals surface area contributed by atoms with Crippen LogP contribution < -0.4 is 11.1 Å². The number of benzene rings is 1. The predicted molar refractivity (Wildman–Crippen MR) is 64.4 cm³/mol. The largest absolute Gasteiger partial charge is 0.406 e. The molecule has 0 aliphatic carbocycles. The van der Waals surface area contributed by atoms with Crippen molar-refractivity contribution in [3.63, 3.8) is 0 Å². The second-order valence-corrected chi connectivity index (χ2v) is 4.06. The monoisotopic (exact) mass is 282 g/mol. The molecule has 0 aliphatic rings. The van der Waals surface area contributed by atoms with E-state index in [0.717, 1.165) is 15.7 Å². The van der Waals surface area contributed by atoms with E-state index < -0.39 is 0 Å². The van der Waals surface area contributed by atoms with Gasteiger partial charge in [-0.25, -0.2) is 0 Å². The number of halogens is 1. The molecule has 5 nitrogen and oxygen atoms in total. The van der Waals surface area contributed by atoms with Gasteiger partial charge in [-0.1, -0.05) is 17.2 Å². The first kappa shape index (κ1) is 11.1. The first-order valence-corrected chi connectivity index (χ1v) is 5.54. The number of nitrogens with zero attached hydrogens (tertiary/aromatic N) is 2. The standard InChI is InChI=1S/C10H11BrN4O/c1-6-3-2-4-7(9(6)11)13-10-15-14-8(5-12)16-10/h2-4H,5,12H2,1H3,(H,13,15). The van der Waals surface area contributed by atoms with Crippen molar-refractivity contribution in [1.82, 2.24) is 10.2 Å². The molecule has 1 aromatic carbocycles. The highest BCUT2D eigenvalue weighted by molar-refractivity contribution is 9.10.